The summed E-state index contributed by atoms with van der Waals surface area (Å²) in [6, 6.07) is 6.15. The van der Waals surface area contributed by atoms with Gasteiger partial charge in [0.15, 0.2) is 41.2 Å². The summed E-state index contributed by atoms with van der Waals surface area (Å²) in [4.78, 5) is 63.0. The molecule has 0 bridgehead atoms. The Morgan fingerprint density at radius 3 is 1.25 bits per heavy atom. The molecule has 4 aromatic rings. The van der Waals surface area contributed by atoms with E-state index >= 15 is 0 Å². The second-order valence-electron chi connectivity index (χ2n) is 20.3. The van der Waals surface area contributed by atoms with Gasteiger partial charge in [-0.1, -0.05) is 0 Å². The highest BCUT2D eigenvalue weighted by Gasteiger charge is 2.39. The van der Waals surface area contributed by atoms with E-state index in [2.05, 4.69) is 34.6 Å². The van der Waals surface area contributed by atoms with E-state index in [9.17, 15) is 31.2 Å². The van der Waals surface area contributed by atoms with E-state index in [0.717, 1.165) is 0 Å². The largest absolute Gasteiger partial charge is 0.474 e. The lowest BCUT2D eigenvalue weighted by molar-refractivity contribution is 0.0121. The standard InChI is InChI=1S/C24H32N4O6S.C23H30N4O6S.C4H7ClO2/c1-15-21(32-17-10-12-28(13-11-17)23(29)34-24(3,4)5)25-14-26-22(15)33-19-8-9-20(27-16(19)2)35(30,31)18-6-7-18;1-14(2)31-23(28)27-11-9-17(10-12-27)32-21-15(3)22(25-13-24-21)33-19-7-8-20(26-16(19)4)34(29,30)18-5-6-18;1-3(2)7-4(5)6/h8-9,14,17-18H,6-7,10-13H2,1-5H3;7-8,13-14,17-18H,5-6,9-12H2,1-4H3;3H,1-2H3. The molecule has 4 fully saturated rings. The number of rotatable bonds is 14. The van der Waals surface area contributed by atoms with Crippen molar-refractivity contribution >= 4 is 48.9 Å². The third kappa shape index (κ3) is 16.7. The van der Waals surface area contributed by atoms with E-state index in [0.29, 0.717) is 135 Å². The molecule has 2 saturated heterocycles. The van der Waals surface area contributed by atoms with Crippen molar-refractivity contribution < 1.29 is 64.4 Å². The van der Waals surface area contributed by atoms with Crippen molar-refractivity contribution in [3.8, 4) is 35.0 Å². The van der Waals surface area contributed by atoms with Crippen molar-refractivity contribution in [1.29, 1.82) is 0 Å². The van der Waals surface area contributed by atoms with Crippen LogP contribution in [0.25, 0.3) is 0 Å². The van der Waals surface area contributed by atoms with E-state index in [4.69, 9.17) is 40.0 Å². The van der Waals surface area contributed by atoms with Gasteiger partial charge in [-0.3, -0.25) is 0 Å². The Morgan fingerprint density at radius 2 is 0.934 bits per heavy atom. The van der Waals surface area contributed by atoms with Crippen molar-refractivity contribution in [3.05, 3.63) is 59.4 Å². The predicted octanol–water partition coefficient (Wildman–Crippen LogP) is 9.37. The number of aryl methyl sites for hydroxylation is 2. The number of hydrogen-bond acceptors (Lipinski definition) is 20. The van der Waals surface area contributed by atoms with Crippen LogP contribution in [0.5, 0.6) is 35.0 Å². The van der Waals surface area contributed by atoms with Crippen LogP contribution in [0.15, 0.2) is 47.0 Å². The van der Waals surface area contributed by atoms with Crippen molar-refractivity contribution in [2.24, 2.45) is 0 Å². The van der Waals surface area contributed by atoms with Crippen LogP contribution in [-0.2, 0) is 33.9 Å². The van der Waals surface area contributed by atoms with Crippen LogP contribution >= 0.6 is 11.6 Å². The van der Waals surface area contributed by atoms with E-state index in [1.807, 2.05) is 34.6 Å². The minimum atomic E-state index is -3.37. The Balaban J connectivity index is 0.000000219. The summed E-state index contributed by atoms with van der Waals surface area (Å²) in [5.74, 6) is 2.27. The maximum absolute atomic E-state index is 12.5. The van der Waals surface area contributed by atoms with Gasteiger partial charge in [-0.15, -0.1) is 0 Å². The lowest BCUT2D eigenvalue weighted by Crippen LogP contribution is -2.44. The van der Waals surface area contributed by atoms with Gasteiger partial charge in [0.25, 0.3) is 0 Å². The zero-order valence-electron chi connectivity index (χ0n) is 44.9. The molecule has 2 saturated carbocycles. The van der Waals surface area contributed by atoms with Gasteiger partial charge in [-0.25, -0.2) is 61.1 Å². The molecule has 0 radical (unpaired) electrons. The first kappa shape index (κ1) is 59.1. The predicted molar refractivity (Wildman–Crippen MR) is 278 cm³/mol. The maximum atomic E-state index is 12.5. The van der Waals surface area contributed by atoms with Crippen LogP contribution in [-0.4, -0.2) is 141 Å². The Bertz CT molecular complexity index is 2920. The van der Waals surface area contributed by atoms with E-state index in [1.54, 1.807) is 63.5 Å². The van der Waals surface area contributed by atoms with Gasteiger partial charge in [-0.05, 0) is 126 Å². The SMILES string of the molecule is CC(C)OC(=O)Cl.Cc1nc(S(=O)(=O)C2CC2)ccc1Oc1ncnc(OC2CCN(C(=O)OC(C)(C)C)CC2)c1C.Cc1nc(S(=O)(=O)C2CC2)ccc1Oc1ncnc(OC2CCN(C(=O)OC(C)C)CC2)c1C. The smallest absolute Gasteiger partial charge is 0.410 e. The minimum Gasteiger partial charge on any atom is -0.474 e. The number of carbonyl (C=O) groups is 3. The van der Waals surface area contributed by atoms with Gasteiger partial charge in [0.1, 0.15) is 30.5 Å². The highest BCUT2D eigenvalue weighted by molar-refractivity contribution is 7.92. The fraction of sp³-hybridized carbons (Fsp3) is 0.588. The van der Waals surface area contributed by atoms with Crippen molar-refractivity contribution in [2.75, 3.05) is 26.2 Å². The molecule has 0 unspecified atom stereocenters. The second kappa shape index (κ2) is 25.3. The second-order valence-corrected chi connectivity index (χ2v) is 25.0. The average Bonchev–Trinajstić information content (AvgIpc) is 4.27. The molecule has 22 nitrogen and oxygen atoms in total. The van der Waals surface area contributed by atoms with Crippen LogP contribution in [0.2, 0.25) is 0 Å². The van der Waals surface area contributed by atoms with Gasteiger partial charge in [-0.2, -0.15) is 0 Å². The minimum absolute atomic E-state index is 0.0750. The van der Waals surface area contributed by atoms with Crippen molar-refractivity contribution in [2.45, 2.75) is 178 Å². The molecule has 0 aromatic carbocycles. The normalized spacial score (nSPS) is 16.4. The fourth-order valence-corrected chi connectivity index (χ4v) is 11.0. The first-order chi connectivity index (χ1) is 35.7. The van der Waals surface area contributed by atoms with Gasteiger partial charge in [0.2, 0.25) is 23.5 Å². The van der Waals surface area contributed by atoms with E-state index in [1.165, 1.54) is 24.8 Å². The summed E-state index contributed by atoms with van der Waals surface area (Å²) in [7, 11) is -6.74. The maximum Gasteiger partial charge on any atom is 0.410 e. The first-order valence-corrected chi connectivity index (χ1v) is 28.7. The first-order valence-electron chi connectivity index (χ1n) is 25.3. The molecule has 416 valence electrons. The summed E-state index contributed by atoms with van der Waals surface area (Å²) in [5.41, 5.74) is 0.896. The van der Waals surface area contributed by atoms with Gasteiger partial charge >= 0.3 is 17.6 Å². The number of nitrogens with zero attached hydrogens (tertiary/aromatic N) is 8. The molecule has 2 aliphatic heterocycles. The lowest BCUT2D eigenvalue weighted by Gasteiger charge is -2.33. The van der Waals surface area contributed by atoms with Crippen LogP contribution in [0, 0.1) is 27.7 Å². The molecule has 25 heteroatoms. The summed E-state index contributed by atoms with van der Waals surface area (Å²) in [6.45, 7) is 21.8. The summed E-state index contributed by atoms with van der Waals surface area (Å²) >= 11 is 4.81. The third-order valence-electron chi connectivity index (χ3n) is 11.9. The average molecular weight is 1120 g/mol. The number of piperidine rings is 2. The molecule has 2 amide bonds. The number of likely N-dealkylation sites (tertiary alicyclic amines) is 2. The number of carbonyl (C=O) groups excluding carboxylic acids is 3. The monoisotopic (exact) mass is 1120 g/mol. The van der Waals surface area contributed by atoms with Crippen LogP contribution in [0.4, 0.5) is 14.4 Å². The Kier molecular flexibility index (Phi) is 19.7. The van der Waals surface area contributed by atoms with E-state index in [-0.39, 0.29) is 57.2 Å². The quantitative estimate of drug-likeness (QED) is 0.0840. The van der Waals surface area contributed by atoms with Gasteiger partial charge in [0.05, 0.1) is 45.2 Å². The van der Waals surface area contributed by atoms with Crippen molar-refractivity contribution in [1.82, 2.24) is 39.7 Å². The summed E-state index contributed by atoms with van der Waals surface area (Å²) in [6.07, 6.45) is 7.01. The zero-order valence-corrected chi connectivity index (χ0v) is 47.3. The lowest BCUT2D eigenvalue weighted by atomic mass is 10.1. The Morgan fingerprint density at radius 1 is 0.566 bits per heavy atom. The molecule has 6 heterocycles. The van der Waals surface area contributed by atoms with Crippen molar-refractivity contribution in [3.63, 3.8) is 0 Å². The number of aromatic nitrogens is 6. The molecular formula is C51H69ClN8O14S2. The summed E-state index contributed by atoms with van der Waals surface area (Å²) in [5, 5.41) is -0.485. The molecule has 2 aliphatic carbocycles. The van der Waals surface area contributed by atoms with Crippen LogP contribution < -0.4 is 18.9 Å². The highest BCUT2D eigenvalue weighted by Crippen LogP contribution is 2.37. The molecule has 76 heavy (non-hydrogen) atoms. The number of halogens is 1. The number of ether oxygens (including phenoxy) is 7. The van der Waals surface area contributed by atoms with Gasteiger partial charge in [0, 0.05) is 63.5 Å². The molecule has 0 N–H and O–H groups in total. The number of sulfone groups is 2. The number of pyridine rings is 2. The van der Waals surface area contributed by atoms with Gasteiger partial charge < -0.3 is 43.0 Å². The molecule has 4 aromatic heterocycles. The molecular weight excluding hydrogens is 1050 g/mol. The third-order valence-corrected chi connectivity index (χ3v) is 16.4. The Hall–Kier alpha value is -6.14. The molecule has 0 atom stereocenters. The topological polar surface area (TPSA) is 268 Å². The van der Waals surface area contributed by atoms with E-state index < -0.39 is 30.7 Å². The molecule has 4 aliphatic rings. The fourth-order valence-electron chi connectivity index (χ4n) is 7.59. The highest BCUT2D eigenvalue weighted by atomic mass is 35.5. The molecule has 8 rings (SSSR count). The molecule has 0 spiro atoms. The Labute approximate surface area is 449 Å². The summed E-state index contributed by atoms with van der Waals surface area (Å²) < 4.78 is 89.0. The number of amides is 2. The zero-order chi connectivity index (χ0) is 55.7. The number of hydrogen-bond donors (Lipinski definition) is 0. The van der Waals surface area contributed by atoms with Crippen LogP contribution in [0.1, 0.15) is 122 Å². The van der Waals surface area contributed by atoms with Crippen LogP contribution in [0.3, 0.4) is 0 Å².